The van der Waals surface area contributed by atoms with E-state index in [2.05, 4.69) is 83.0 Å². The largest absolute Gasteiger partial charge is 0.495 e. The van der Waals surface area contributed by atoms with Crippen molar-refractivity contribution in [3.05, 3.63) is 83.4 Å². The predicted molar refractivity (Wildman–Crippen MR) is 132 cm³/mol. The smallest absolute Gasteiger partial charge is 0.142 e. The number of ether oxygens (including phenoxy) is 1. The van der Waals surface area contributed by atoms with Gasteiger partial charge in [-0.1, -0.05) is 30.3 Å². The highest BCUT2D eigenvalue weighted by Gasteiger charge is 2.19. The summed E-state index contributed by atoms with van der Waals surface area (Å²) in [6, 6.07) is 23.7. The molecule has 0 radical (unpaired) electrons. The van der Waals surface area contributed by atoms with Gasteiger partial charge >= 0.3 is 0 Å². The van der Waals surface area contributed by atoms with E-state index in [1.165, 1.54) is 27.3 Å². The van der Waals surface area contributed by atoms with Crippen LogP contribution in [0.25, 0.3) is 0 Å². The molecule has 1 aliphatic rings. The van der Waals surface area contributed by atoms with Crippen LogP contribution in [0.4, 0.5) is 11.4 Å². The lowest BCUT2D eigenvalue weighted by atomic mass is 10.1. The third-order valence-corrected chi connectivity index (χ3v) is 6.45. The van der Waals surface area contributed by atoms with Gasteiger partial charge in [0, 0.05) is 43.3 Å². The van der Waals surface area contributed by atoms with Crippen LogP contribution in [0.5, 0.6) is 5.75 Å². The van der Waals surface area contributed by atoms with Gasteiger partial charge in [0.15, 0.2) is 0 Å². The Labute approximate surface area is 190 Å². The van der Waals surface area contributed by atoms with E-state index in [0.717, 1.165) is 44.2 Å². The van der Waals surface area contributed by atoms with E-state index in [1.807, 2.05) is 12.1 Å². The van der Waals surface area contributed by atoms with Gasteiger partial charge in [0.05, 0.1) is 12.8 Å². The van der Waals surface area contributed by atoms with E-state index in [1.54, 1.807) is 19.1 Å². The summed E-state index contributed by atoms with van der Waals surface area (Å²) in [6.07, 6.45) is 0. The van der Waals surface area contributed by atoms with Crippen LogP contribution in [-0.2, 0) is 6.54 Å². The Kier molecular flexibility index (Phi) is 7.05. The molecule has 5 heteroatoms. The highest BCUT2D eigenvalue weighted by atomic mass is 32.2. The van der Waals surface area contributed by atoms with E-state index in [0.29, 0.717) is 0 Å². The number of piperazine rings is 1. The number of hydrogen-bond acceptors (Lipinski definition) is 5. The summed E-state index contributed by atoms with van der Waals surface area (Å²) in [5.41, 5.74) is 6.28. The Morgan fingerprint density at radius 2 is 1.55 bits per heavy atom. The minimum atomic E-state index is 0.956. The molecule has 1 aliphatic heterocycles. The van der Waals surface area contributed by atoms with Crippen molar-refractivity contribution in [2.75, 3.05) is 42.9 Å². The molecule has 31 heavy (non-hydrogen) atoms. The molecule has 0 atom stereocenters. The molecule has 1 fully saturated rings. The first kappa shape index (κ1) is 21.6. The molecular formula is C26H31N3OS. The maximum absolute atomic E-state index is 5.53. The molecule has 162 valence electrons. The Morgan fingerprint density at radius 1 is 0.871 bits per heavy atom. The summed E-state index contributed by atoms with van der Waals surface area (Å²) in [5.74, 6) is 0.956. The van der Waals surface area contributed by atoms with E-state index >= 15 is 0 Å². The highest BCUT2D eigenvalue weighted by Crippen LogP contribution is 2.29. The van der Waals surface area contributed by atoms with E-state index in [9.17, 15) is 0 Å². The fraction of sp³-hybridized carbons (Fsp3) is 0.308. The van der Waals surface area contributed by atoms with Gasteiger partial charge in [-0.3, -0.25) is 4.90 Å². The first-order chi connectivity index (χ1) is 15.1. The Bertz CT molecular complexity index is 978. The number of benzene rings is 3. The number of anilines is 2. The maximum Gasteiger partial charge on any atom is 0.142 e. The van der Waals surface area contributed by atoms with Crippen LogP contribution in [0, 0.1) is 13.8 Å². The molecule has 3 aromatic carbocycles. The van der Waals surface area contributed by atoms with Crippen molar-refractivity contribution in [1.29, 1.82) is 0 Å². The quantitative estimate of drug-likeness (QED) is 0.479. The van der Waals surface area contributed by atoms with Crippen LogP contribution in [0.2, 0.25) is 0 Å². The third-order valence-electron chi connectivity index (χ3n) is 5.64. The van der Waals surface area contributed by atoms with Gasteiger partial charge in [0.25, 0.3) is 0 Å². The zero-order valence-corrected chi connectivity index (χ0v) is 19.4. The van der Waals surface area contributed by atoms with Crippen LogP contribution >= 0.6 is 11.9 Å². The zero-order valence-electron chi connectivity index (χ0n) is 18.6. The fourth-order valence-corrected chi connectivity index (χ4v) is 4.95. The van der Waals surface area contributed by atoms with Crippen LogP contribution in [0.3, 0.4) is 0 Å². The number of nitrogens with one attached hydrogen (secondary N) is 1. The molecule has 1 saturated heterocycles. The lowest BCUT2D eigenvalue weighted by Crippen LogP contribution is -2.46. The average Bonchev–Trinajstić information content (AvgIpc) is 2.78. The van der Waals surface area contributed by atoms with Gasteiger partial charge in [-0.15, -0.1) is 0 Å². The molecule has 0 bridgehead atoms. The van der Waals surface area contributed by atoms with Crippen molar-refractivity contribution in [3.63, 3.8) is 0 Å². The SMILES string of the molecule is COc1ccccc1N1CCN(Cc2ccc(NSc3cc(C)cc(C)c3)cc2)CC1. The first-order valence-corrected chi connectivity index (χ1v) is 11.6. The second-order valence-electron chi connectivity index (χ2n) is 8.16. The van der Waals surface area contributed by atoms with Gasteiger partial charge in [-0.2, -0.15) is 0 Å². The van der Waals surface area contributed by atoms with Gasteiger partial charge in [-0.25, -0.2) is 0 Å². The minimum Gasteiger partial charge on any atom is -0.495 e. The van der Waals surface area contributed by atoms with Crippen molar-refractivity contribution in [2.45, 2.75) is 25.3 Å². The first-order valence-electron chi connectivity index (χ1n) is 10.8. The van der Waals surface area contributed by atoms with Crippen molar-refractivity contribution in [2.24, 2.45) is 0 Å². The molecule has 4 rings (SSSR count). The number of para-hydroxylation sites is 2. The van der Waals surface area contributed by atoms with E-state index in [-0.39, 0.29) is 0 Å². The Balaban J connectivity index is 1.28. The van der Waals surface area contributed by atoms with Gasteiger partial charge in [-0.05, 0) is 78.9 Å². The topological polar surface area (TPSA) is 27.7 Å². The molecule has 0 aliphatic carbocycles. The van der Waals surface area contributed by atoms with Gasteiger partial charge in [0.1, 0.15) is 5.75 Å². The summed E-state index contributed by atoms with van der Waals surface area (Å²) in [6.45, 7) is 9.43. The van der Waals surface area contributed by atoms with Crippen molar-refractivity contribution >= 4 is 23.3 Å². The zero-order chi connectivity index (χ0) is 21.6. The molecule has 1 N–H and O–H groups in total. The molecule has 0 saturated carbocycles. The third kappa shape index (κ3) is 5.75. The number of nitrogens with zero attached hydrogens (tertiary/aromatic N) is 2. The number of rotatable bonds is 7. The Hall–Kier alpha value is -2.63. The number of hydrogen-bond donors (Lipinski definition) is 1. The van der Waals surface area contributed by atoms with Gasteiger partial charge in [0.2, 0.25) is 0 Å². The second-order valence-corrected chi connectivity index (χ2v) is 9.04. The van der Waals surface area contributed by atoms with Crippen molar-refractivity contribution in [1.82, 2.24) is 4.90 Å². The van der Waals surface area contributed by atoms with Crippen molar-refractivity contribution < 1.29 is 4.74 Å². The number of methoxy groups -OCH3 is 1. The molecule has 1 heterocycles. The second kappa shape index (κ2) is 10.1. The normalized spacial score (nSPS) is 14.5. The molecule has 4 nitrogen and oxygen atoms in total. The molecule has 3 aromatic rings. The van der Waals surface area contributed by atoms with E-state index in [4.69, 9.17) is 4.74 Å². The molecular weight excluding hydrogens is 402 g/mol. The highest BCUT2D eigenvalue weighted by molar-refractivity contribution is 8.00. The minimum absolute atomic E-state index is 0.956. The fourth-order valence-electron chi connectivity index (χ4n) is 4.08. The summed E-state index contributed by atoms with van der Waals surface area (Å²) >= 11 is 1.67. The lowest BCUT2D eigenvalue weighted by Gasteiger charge is -2.36. The molecule has 0 amide bonds. The predicted octanol–water partition coefficient (Wildman–Crippen LogP) is 5.75. The summed E-state index contributed by atoms with van der Waals surface area (Å²) in [5, 5.41) is 0. The van der Waals surface area contributed by atoms with Crippen molar-refractivity contribution in [3.8, 4) is 5.75 Å². The maximum atomic E-state index is 5.53. The molecule has 0 aromatic heterocycles. The van der Waals surface area contributed by atoms with Crippen LogP contribution in [0.1, 0.15) is 16.7 Å². The lowest BCUT2D eigenvalue weighted by molar-refractivity contribution is 0.249. The summed E-state index contributed by atoms with van der Waals surface area (Å²) in [7, 11) is 1.74. The molecule has 0 unspecified atom stereocenters. The summed E-state index contributed by atoms with van der Waals surface area (Å²) in [4.78, 5) is 6.19. The van der Waals surface area contributed by atoms with Crippen LogP contribution < -0.4 is 14.4 Å². The monoisotopic (exact) mass is 433 g/mol. The number of aryl methyl sites for hydroxylation is 2. The van der Waals surface area contributed by atoms with Crippen LogP contribution in [0.15, 0.2) is 71.6 Å². The van der Waals surface area contributed by atoms with Gasteiger partial charge < -0.3 is 14.4 Å². The Morgan fingerprint density at radius 3 is 2.23 bits per heavy atom. The summed E-state index contributed by atoms with van der Waals surface area (Å²) < 4.78 is 8.99. The average molecular weight is 434 g/mol. The standard InChI is InChI=1S/C26H31N3OS/c1-20-16-21(2)18-24(17-20)31-27-23-10-8-22(9-11-23)19-28-12-14-29(15-13-28)25-6-4-5-7-26(25)30-3/h4-11,16-18,27H,12-15,19H2,1-3H3. The molecule has 0 spiro atoms. The van der Waals surface area contributed by atoms with E-state index < -0.39 is 0 Å². The van der Waals surface area contributed by atoms with Crippen LogP contribution in [-0.4, -0.2) is 38.2 Å².